The maximum atomic E-state index is 8.77. The van der Waals surface area contributed by atoms with Crippen LogP contribution in [-0.4, -0.2) is 24.5 Å². The van der Waals surface area contributed by atoms with Crippen molar-refractivity contribution >= 4 is 0 Å². The molecule has 1 heterocycles. The fourth-order valence-corrected chi connectivity index (χ4v) is 3.35. The van der Waals surface area contributed by atoms with Gasteiger partial charge in [0.2, 0.25) is 0 Å². The van der Waals surface area contributed by atoms with E-state index in [1.165, 1.54) is 45.1 Å². The molecule has 16 heavy (non-hydrogen) atoms. The third-order valence-electron chi connectivity index (χ3n) is 4.18. The zero-order chi connectivity index (χ0) is 11.4. The van der Waals surface area contributed by atoms with Crippen LogP contribution >= 0.6 is 0 Å². The first-order valence-electron chi connectivity index (χ1n) is 6.60. The molecule has 0 aromatic rings. The molecular weight excluding hydrogens is 196 g/mol. The molecule has 1 atom stereocenters. The SMILES string of the molecule is C=C(C#N)CN1CCCC(C2CCCC2)C1. The van der Waals surface area contributed by atoms with Crippen molar-refractivity contribution in [3.05, 3.63) is 12.2 Å². The van der Waals surface area contributed by atoms with E-state index < -0.39 is 0 Å². The van der Waals surface area contributed by atoms with E-state index in [2.05, 4.69) is 17.5 Å². The Hall–Kier alpha value is -0.810. The van der Waals surface area contributed by atoms with Gasteiger partial charge in [0.15, 0.2) is 0 Å². The molecule has 0 bridgehead atoms. The smallest absolute Gasteiger partial charge is 0.0954 e. The normalized spacial score (nSPS) is 27.8. The van der Waals surface area contributed by atoms with Gasteiger partial charge in [0.25, 0.3) is 0 Å². The zero-order valence-corrected chi connectivity index (χ0v) is 10.1. The minimum absolute atomic E-state index is 0.715. The third-order valence-corrected chi connectivity index (χ3v) is 4.18. The summed E-state index contributed by atoms with van der Waals surface area (Å²) in [6.07, 6.45) is 8.47. The average molecular weight is 218 g/mol. The van der Waals surface area contributed by atoms with Crippen LogP contribution in [0.4, 0.5) is 0 Å². The molecule has 2 fully saturated rings. The first-order chi connectivity index (χ1) is 7.79. The number of piperidine rings is 1. The highest BCUT2D eigenvalue weighted by Gasteiger charge is 2.29. The van der Waals surface area contributed by atoms with Gasteiger partial charge in [-0.05, 0) is 31.2 Å². The molecule has 0 radical (unpaired) electrons. The van der Waals surface area contributed by atoms with Crippen LogP contribution in [0.3, 0.4) is 0 Å². The monoisotopic (exact) mass is 218 g/mol. The third kappa shape index (κ3) is 2.86. The number of nitriles is 1. The summed E-state index contributed by atoms with van der Waals surface area (Å²) in [6.45, 7) is 6.93. The molecule has 0 aromatic carbocycles. The molecule has 2 heteroatoms. The molecule has 0 aromatic heterocycles. The van der Waals surface area contributed by atoms with Gasteiger partial charge in [-0.3, -0.25) is 4.90 Å². The van der Waals surface area contributed by atoms with Gasteiger partial charge in [0, 0.05) is 18.7 Å². The second-order valence-corrected chi connectivity index (χ2v) is 5.40. The highest BCUT2D eigenvalue weighted by atomic mass is 15.1. The van der Waals surface area contributed by atoms with Gasteiger partial charge in [-0.15, -0.1) is 0 Å². The van der Waals surface area contributed by atoms with Gasteiger partial charge >= 0.3 is 0 Å². The van der Waals surface area contributed by atoms with Crippen LogP contribution in [-0.2, 0) is 0 Å². The molecule has 2 aliphatic rings. The zero-order valence-electron chi connectivity index (χ0n) is 10.1. The van der Waals surface area contributed by atoms with Crippen LogP contribution in [0.15, 0.2) is 12.2 Å². The van der Waals surface area contributed by atoms with E-state index in [-0.39, 0.29) is 0 Å². The fraction of sp³-hybridized carbons (Fsp3) is 0.786. The maximum absolute atomic E-state index is 8.77. The van der Waals surface area contributed by atoms with Gasteiger partial charge in [-0.2, -0.15) is 5.26 Å². The van der Waals surface area contributed by atoms with E-state index in [9.17, 15) is 0 Å². The Morgan fingerprint density at radius 3 is 2.56 bits per heavy atom. The summed E-state index contributed by atoms with van der Waals surface area (Å²) < 4.78 is 0. The Bertz CT molecular complexity index is 284. The number of rotatable bonds is 3. The second kappa shape index (κ2) is 5.50. The molecule has 1 saturated heterocycles. The molecule has 1 saturated carbocycles. The van der Waals surface area contributed by atoms with Gasteiger partial charge in [-0.1, -0.05) is 32.3 Å². The van der Waals surface area contributed by atoms with Crippen molar-refractivity contribution in [2.45, 2.75) is 38.5 Å². The Morgan fingerprint density at radius 2 is 1.88 bits per heavy atom. The first-order valence-corrected chi connectivity index (χ1v) is 6.60. The number of hydrogen-bond donors (Lipinski definition) is 0. The lowest BCUT2D eigenvalue weighted by molar-refractivity contribution is 0.146. The first kappa shape index (κ1) is 11.7. The predicted octanol–water partition coefficient (Wildman–Crippen LogP) is 2.97. The summed E-state index contributed by atoms with van der Waals surface area (Å²) in [4.78, 5) is 2.43. The average Bonchev–Trinajstić information content (AvgIpc) is 2.83. The van der Waals surface area contributed by atoms with Gasteiger partial charge < -0.3 is 0 Å². The predicted molar refractivity (Wildman–Crippen MR) is 65.9 cm³/mol. The van der Waals surface area contributed by atoms with E-state index >= 15 is 0 Å². The standard InChI is InChI=1S/C14H22N2/c1-12(9-15)10-16-8-4-7-14(11-16)13-5-2-3-6-13/h13-14H,1-8,10-11H2. The second-order valence-electron chi connectivity index (χ2n) is 5.40. The minimum atomic E-state index is 0.715. The molecule has 1 aliphatic carbocycles. The largest absolute Gasteiger partial charge is 0.298 e. The highest BCUT2D eigenvalue weighted by Crippen LogP contribution is 2.35. The van der Waals surface area contributed by atoms with Crippen LogP contribution in [0.2, 0.25) is 0 Å². The summed E-state index contributed by atoms with van der Waals surface area (Å²) in [5.74, 6) is 1.86. The van der Waals surface area contributed by atoms with Crippen molar-refractivity contribution in [1.82, 2.24) is 4.90 Å². The lowest BCUT2D eigenvalue weighted by Gasteiger charge is -2.35. The van der Waals surface area contributed by atoms with E-state index in [1.54, 1.807) is 0 Å². The topological polar surface area (TPSA) is 27.0 Å². The minimum Gasteiger partial charge on any atom is -0.298 e. The van der Waals surface area contributed by atoms with Crippen molar-refractivity contribution in [3.63, 3.8) is 0 Å². The highest BCUT2D eigenvalue weighted by molar-refractivity contribution is 5.17. The van der Waals surface area contributed by atoms with Crippen molar-refractivity contribution < 1.29 is 0 Å². The Balaban J connectivity index is 1.84. The lowest BCUT2D eigenvalue weighted by Crippen LogP contribution is -2.38. The van der Waals surface area contributed by atoms with Crippen molar-refractivity contribution in [1.29, 1.82) is 5.26 Å². The summed E-state index contributed by atoms with van der Waals surface area (Å²) in [7, 11) is 0. The quantitative estimate of drug-likeness (QED) is 0.681. The summed E-state index contributed by atoms with van der Waals surface area (Å²) in [5.41, 5.74) is 0.715. The Labute approximate surface area is 98.9 Å². The summed E-state index contributed by atoms with van der Waals surface area (Å²) in [6, 6.07) is 2.16. The molecule has 0 spiro atoms. The molecule has 0 amide bonds. The molecule has 2 rings (SSSR count). The number of hydrogen-bond acceptors (Lipinski definition) is 2. The van der Waals surface area contributed by atoms with Gasteiger partial charge in [0.1, 0.15) is 0 Å². The molecule has 2 nitrogen and oxygen atoms in total. The van der Waals surface area contributed by atoms with Crippen molar-refractivity contribution in [3.8, 4) is 6.07 Å². The van der Waals surface area contributed by atoms with Crippen LogP contribution in [0.5, 0.6) is 0 Å². The molecule has 1 aliphatic heterocycles. The summed E-state index contributed by atoms with van der Waals surface area (Å²) in [5, 5.41) is 8.77. The van der Waals surface area contributed by atoms with Crippen LogP contribution < -0.4 is 0 Å². The number of likely N-dealkylation sites (tertiary alicyclic amines) is 1. The van der Waals surface area contributed by atoms with Crippen LogP contribution in [0.25, 0.3) is 0 Å². The van der Waals surface area contributed by atoms with E-state index in [0.717, 1.165) is 24.9 Å². The van der Waals surface area contributed by atoms with E-state index in [0.29, 0.717) is 5.57 Å². The molecule has 0 N–H and O–H groups in total. The number of nitrogens with zero attached hydrogens (tertiary/aromatic N) is 2. The van der Waals surface area contributed by atoms with Crippen LogP contribution in [0.1, 0.15) is 38.5 Å². The Morgan fingerprint density at radius 1 is 1.19 bits per heavy atom. The van der Waals surface area contributed by atoms with E-state index in [1.807, 2.05) is 0 Å². The maximum Gasteiger partial charge on any atom is 0.0954 e. The molecule has 88 valence electrons. The van der Waals surface area contributed by atoms with Crippen LogP contribution in [0, 0.1) is 23.2 Å². The fourth-order valence-electron chi connectivity index (χ4n) is 3.35. The lowest BCUT2D eigenvalue weighted by atomic mass is 9.84. The van der Waals surface area contributed by atoms with E-state index in [4.69, 9.17) is 5.26 Å². The van der Waals surface area contributed by atoms with Gasteiger partial charge in [0.05, 0.1) is 6.07 Å². The van der Waals surface area contributed by atoms with Crippen molar-refractivity contribution in [2.75, 3.05) is 19.6 Å². The molecular formula is C14H22N2. The van der Waals surface area contributed by atoms with Crippen molar-refractivity contribution in [2.24, 2.45) is 11.8 Å². The summed E-state index contributed by atoms with van der Waals surface area (Å²) >= 11 is 0. The van der Waals surface area contributed by atoms with Gasteiger partial charge in [-0.25, -0.2) is 0 Å². The Kier molecular flexibility index (Phi) is 4.01. The molecule has 1 unspecified atom stereocenters.